The van der Waals surface area contributed by atoms with Gasteiger partial charge in [0.2, 0.25) is 0 Å². The molecule has 6 fully saturated rings. The third-order valence-corrected chi connectivity index (χ3v) is 10.6. The second-order valence-electron chi connectivity index (χ2n) is 10.2. The Morgan fingerprint density at radius 1 is 1.23 bits per heavy atom. The van der Waals surface area contributed by atoms with E-state index in [1.165, 1.54) is 0 Å². The molecular weight excluding hydrogens is 450 g/mol. The number of ketones is 1. The number of hydrogen-bond donors (Lipinski definition) is 1. The molecule has 5 aliphatic carbocycles. The quantitative estimate of drug-likeness (QED) is 0.329. The standard InChI is InChI=1S/C20H27BrO3.H3P.V/c1-18-5-4-12-13(14(18)10-7-11(10)16(18)23)15(21)17-20(24-17)8-9(22)3-6-19(12,20)2;;/h9-15,17,22H,3-8H2,1-2H3;1H3;/t9-,10+,11-,12?,13?,14?,15-,17+,18-,19+,20+;;/m0../s1. The van der Waals surface area contributed by atoms with Crippen LogP contribution in [0.5, 0.6) is 0 Å². The fourth-order valence-electron chi connectivity index (χ4n) is 8.24. The van der Waals surface area contributed by atoms with Crippen LogP contribution in [0.2, 0.25) is 0 Å². The summed E-state index contributed by atoms with van der Waals surface area (Å²) in [7, 11) is 0. The van der Waals surface area contributed by atoms with Crippen molar-refractivity contribution in [1.29, 1.82) is 0 Å². The molecular formula is C20H30BrO3PV. The third-order valence-electron chi connectivity index (χ3n) is 9.51. The molecule has 145 valence electrons. The number of ether oxygens (including phenoxy) is 1. The maximum absolute atomic E-state index is 12.9. The van der Waals surface area contributed by atoms with E-state index in [2.05, 4.69) is 29.8 Å². The van der Waals surface area contributed by atoms with Gasteiger partial charge in [0.1, 0.15) is 17.5 Å². The molecule has 0 amide bonds. The number of fused-ring (bicyclic) bond motifs is 6. The van der Waals surface area contributed by atoms with Gasteiger partial charge in [-0.3, -0.25) is 4.79 Å². The Labute approximate surface area is 179 Å². The number of aliphatic hydroxyl groups excluding tert-OH is 1. The van der Waals surface area contributed by atoms with Gasteiger partial charge in [0.25, 0.3) is 0 Å². The zero-order valence-corrected chi connectivity index (χ0v) is 20.1. The largest absolute Gasteiger partial charge is 0.393 e. The normalized spacial score (nSPS) is 63.8. The summed E-state index contributed by atoms with van der Waals surface area (Å²) in [5.74, 6) is 3.38. The van der Waals surface area contributed by atoms with E-state index in [0.717, 1.165) is 38.5 Å². The number of rotatable bonds is 0. The number of carbonyl (C=O) groups excluding carboxylic acids is 1. The summed E-state index contributed by atoms with van der Waals surface area (Å²) in [4.78, 5) is 13.3. The smallest absolute Gasteiger partial charge is 0.142 e. The van der Waals surface area contributed by atoms with Crippen LogP contribution in [0, 0.1) is 40.4 Å². The molecule has 1 N–H and O–H groups in total. The van der Waals surface area contributed by atoms with Crippen LogP contribution in [0.25, 0.3) is 0 Å². The van der Waals surface area contributed by atoms with E-state index < -0.39 is 0 Å². The number of Topliss-reactive ketones (excluding diaryl/α,β-unsaturated/α-hetero) is 1. The number of aliphatic hydroxyl groups is 1. The van der Waals surface area contributed by atoms with Crippen molar-refractivity contribution in [2.75, 3.05) is 0 Å². The minimum atomic E-state index is -0.200. The molecule has 3 nitrogen and oxygen atoms in total. The molecule has 0 bridgehead atoms. The number of alkyl halides is 1. The van der Waals surface area contributed by atoms with Crippen molar-refractivity contribution in [2.24, 2.45) is 40.4 Å². The van der Waals surface area contributed by atoms with Crippen LogP contribution < -0.4 is 0 Å². The van der Waals surface area contributed by atoms with Crippen LogP contribution in [-0.4, -0.2) is 33.5 Å². The van der Waals surface area contributed by atoms with Gasteiger partial charge in [0, 0.05) is 46.6 Å². The molecule has 6 aliphatic rings. The number of carbonyl (C=O) groups is 1. The monoisotopic (exact) mass is 479 g/mol. The maximum Gasteiger partial charge on any atom is 0.142 e. The minimum absolute atomic E-state index is 0. The first-order valence-corrected chi connectivity index (χ1v) is 10.8. The predicted molar refractivity (Wildman–Crippen MR) is 104 cm³/mol. The topological polar surface area (TPSA) is 49.8 Å². The Morgan fingerprint density at radius 3 is 2.69 bits per heavy atom. The molecule has 26 heavy (non-hydrogen) atoms. The SMILES string of the molecule is C[C@]12CCC3C(C1[C@@H]1C[C@@H]1C2=O)[C@H](Br)[C@H]1O[C@]12C[C@@H](O)CC[C@]32C.P.[V]. The Hall–Kier alpha value is 1.08. The number of halogens is 1. The second-order valence-corrected chi connectivity index (χ2v) is 11.3. The third kappa shape index (κ3) is 2.06. The Balaban J connectivity index is 0.000000841. The molecule has 0 aromatic heterocycles. The molecule has 6 rings (SSSR count). The Kier molecular flexibility index (Phi) is 4.56. The van der Waals surface area contributed by atoms with Gasteiger partial charge in [-0.1, -0.05) is 29.8 Å². The van der Waals surface area contributed by atoms with Gasteiger partial charge < -0.3 is 9.84 Å². The van der Waals surface area contributed by atoms with Crippen LogP contribution in [0.3, 0.4) is 0 Å². The van der Waals surface area contributed by atoms with Gasteiger partial charge in [0.05, 0.1) is 6.10 Å². The van der Waals surface area contributed by atoms with Crippen molar-refractivity contribution in [3.8, 4) is 0 Å². The average molecular weight is 480 g/mol. The molecule has 1 aliphatic heterocycles. The molecule has 0 aromatic carbocycles. The van der Waals surface area contributed by atoms with Crippen LogP contribution in [-0.2, 0) is 28.1 Å². The zero-order valence-electron chi connectivity index (χ0n) is 15.7. The molecule has 6 heteroatoms. The van der Waals surface area contributed by atoms with Crippen molar-refractivity contribution in [2.45, 2.75) is 75.0 Å². The average Bonchev–Trinajstić information content (AvgIpc) is 3.43. The maximum atomic E-state index is 12.9. The van der Waals surface area contributed by atoms with Gasteiger partial charge in [-0.2, -0.15) is 9.90 Å². The van der Waals surface area contributed by atoms with E-state index in [4.69, 9.17) is 4.74 Å². The van der Waals surface area contributed by atoms with E-state index in [9.17, 15) is 9.90 Å². The van der Waals surface area contributed by atoms with Crippen molar-refractivity contribution < 1.29 is 33.2 Å². The van der Waals surface area contributed by atoms with Gasteiger partial charge in [-0.25, -0.2) is 0 Å². The van der Waals surface area contributed by atoms with Gasteiger partial charge >= 0.3 is 0 Å². The fraction of sp³-hybridized carbons (Fsp3) is 0.950. The van der Waals surface area contributed by atoms with Gasteiger partial charge in [-0.15, -0.1) is 0 Å². The molecule has 1 spiro atoms. The van der Waals surface area contributed by atoms with Crippen LogP contribution >= 0.6 is 25.8 Å². The fourth-order valence-corrected chi connectivity index (χ4v) is 9.47. The van der Waals surface area contributed by atoms with Crippen molar-refractivity contribution in [3.05, 3.63) is 0 Å². The molecule has 1 saturated heterocycles. The van der Waals surface area contributed by atoms with E-state index in [0.29, 0.717) is 40.2 Å². The van der Waals surface area contributed by atoms with Crippen molar-refractivity contribution in [1.82, 2.24) is 0 Å². The summed E-state index contributed by atoms with van der Waals surface area (Å²) in [5.41, 5.74) is 0.0166. The molecule has 12 atom stereocenters. The first kappa shape index (κ1) is 20.4. The predicted octanol–water partition coefficient (Wildman–Crippen LogP) is 3.38. The first-order chi connectivity index (χ1) is 11.3. The molecule has 0 aromatic rings. The van der Waals surface area contributed by atoms with Gasteiger partial charge in [0.15, 0.2) is 0 Å². The number of epoxide rings is 1. The zero-order chi connectivity index (χ0) is 16.6. The minimum Gasteiger partial charge on any atom is -0.393 e. The second kappa shape index (κ2) is 5.82. The Morgan fingerprint density at radius 2 is 1.96 bits per heavy atom. The number of hydrogen-bond acceptors (Lipinski definition) is 3. The summed E-state index contributed by atoms with van der Waals surface area (Å²) in [6.45, 7) is 4.71. The Bertz CT molecular complexity index is 663. The van der Waals surface area contributed by atoms with Crippen LogP contribution in [0.4, 0.5) is 0 Å². The van der Waals surface area contributed by atoms with Crippen LogP contribution in [0.15, 0.2) is 0 Å². The summed E-state index contributed by atoms with van der Waals surface area (Å²) in [6.07, 6.45) is 6.23. The van der Waals surface area contributed by atoms with Crippen molar-refractivity contribution in [3.63, 3.8) is 0 Å². The summed E-state index contributed by atoms with van der Waals surface area (Å²) in [6, 6.07) is 0. The van der Waals surface area contributed by atoms with Gasteiger partial charge in [-0.05, 0) is 55.8 Å². The summed E-state index contributed by atoms with van der Waals surface area (Å²) < 4.78 is 6.41. The molecule has 5 saturated carbocycles. The van der Waals surface area contributed by atoms with E-state index >= 15 is 0 Å². The van der Waals surface area contributed by atoms with Crippen LogP contribution in [0.1, 0.15) is 52.4 Å². The first-order valence-electron chi connectivity index (χ1n) is 9.88. The molecule has 1 radical (unpaired) electrons. The van der Waals surface area contributed by atoms with Crippen molar-refractivity contribution >= 4 is 31.6 Å². The van der Waals surface area contributed by atoms with E-state index in [-0.39, 0.29) is 57.1 Å². The summed E-state index contributed by atoms with van der Waals surface area (Å²) in [5, 5.41) is 10.3. The van der Waals surface area contributed by atoms with E-state index in [1.54, 1.807) is 0 Å². The summed E-state index contributed by atoms with van der Waals surface area (Å²) >= 11 is 4.05. The molecule has 1 heterocycles. The van der Waals surface area contributed by atoms with E-state index in [1.807, 2.05) is 0 Å². The molecule has 4 unspecified atom stereocenters.